The van der Waals surface area contributed by atoms with Gasteiger partial charge in [0.1, 0.15) is 18.1 Å². The molecular formula is C38H39N3O2. The Morgan fingerprint density at radius 2 is 1.60 bits per heavy atom. The molecule has 4 aromatic carbocycles. The summed E-state index contributed by atoms with van der Waals surface area (Å²) in [5.74, 6) is 1.65. The van der Waals surface area contributed by atoms with Crippen LogP contribution in [0.1, 0.15) is 69.8 Å². The minimum atomic E-state index is 0.0309. The number of nitrogens with one attached hydrogen (secondary N) is 1. The van der Waals surface area contributed by atoms with Crippen molar-refractivity contribution >= 4 is 5.78 Å². The van der Waals surface area contributed by atoms with Crippen LogP contribution >= 0.6 is 0 Å². The molecule has 1 heterocycles. The Morgan fingerprint density at radius 1 is 0.860 bits per heavy atom. The van der Waals surface area contributed by atoms with Crippen LogP contribution in [-0.2, 0) is 19.4 Å². The summed E-state index contributed by atoms with van der Waals surface area (Å²) < 4.78 is 7.83. The standard InChI is InChI=1S/C38H39N3O2/c1-3-28-11-8-14-34(23-28)41-36(21-27(2)40-41)37(42)24-31-12-7-13-33(22-31)38(39-25-29-15-16-29)32-17-19-35(20-18-32)43-26-30-9-5-4-6-10-30/h4-14,17-23,29,38-39H,3,15-16,24-26H2,1-2H3. The van der Waals surface area contributed by atoms with E-state index in [1.54, 1.807) is 4.68 Å². The number of ketones is 1. The average molecular weight is 570 g/mol. The predicted molar refractivity (Wildman–Crippen MR) is 172 cm³/mol. The van der Waals surface area contributed by atoms with Crippen molar-refractivity contribution in [1.29, 1.82) is 0 Å². The van der Waals surface area contributed by atoms with E-state index in [1.165, 1.54) is 24.0 Å². The molecule has 0 radical (unpaired) electrons. The van der Waals surface area contributed by atoms with Crippen LogP contribution in [0.4, 0.5) is 0 Å². The van der Waals surface area contributed by atoms with Crippen LogP contribution < -0.4 is 10.1 Å². The summed E-state index contributed by atoms with van der Waals surface area (Å²) in [5, 5.41) is 8.47. The second kappa shape index (κ2) is 13.2. The minimum absolute atomic E-state index is 0.0309. The summed E-state index contributed by atoms with van der Waals surface area (Å²) in [5.41, 5.74) is 8.07. The van der Waals surface area contributed by atoms with Gasteiger partial charge in [0.25, 0.3) is 0 Å². The van der Waals surface area contributed by atoms with Gasteiger partial charge in [0, 0.05) is 6.42 Å². The molecule has 1 saturated carbocycles. The Balaban J connectivity index is 1.20. The summed E-state index contributed by atoms with van der Waals surface area (Å²) in [6.45, 7) is 5.59. The molecule has 1 aromatic heterocycles. The third-order valence-electron chi connectivity index (χ3n) is 8.10. The van der Waals surface area contributed by atoms with Gasteiger partial charge in [0.15, 0.2) is 5.78 Å². The zero-order valence-electron chi connectivity index (χ0n) is 25.0. The molecule has 1 unspecified atom stereocenters. The van der Waals surface area contributed by atoms with Crippen molar-refractivity contribution in [3.63, 3.8) is 0 Å². The van der Waals surface area contributed by atoms with Crippen molar-refractivity contribution in [2.24, 2.45) is 5.92 Å². The van der Waals surface area contributed by atoms with Gasteiger partial charge in [-0.3, -0.25) is 4.79 Å². The lowest BCUT2D eigenvalue weighted by Crippen LogP contribution is -2.24. The third kappa shape index (κ3) is 7.30. The second-order valence-electron chi connectivity index (χ2n) is 11.6. The fourth-order valence-corrected chi connectivity index (χ4v) is 5.49. The first-order chi connectivity index (χ1) is 21.1. The molecule has 5 heteroatoms. The molecule has 218 valence electrons. The second-order valence-corrected chi connectivity index (χ2v) is 11.6. The molecule has 5 aromatic rings. The van der Waals surface area contributed by atoms with E-state index in [9.17, 15) is 4.79 Å². The van der Waals surface area contributed by atoms with E-state index in [4.69, 9.17) is 4.74 Å². The van der Waals surface area contributed by atoms with Crippen molar-refractivity contribution in [3.05, 3.63) is 148 Å². The van der Waals surface area contributed by atoms with Gasteiger partial charge in [-0.15, -0.1) is 0 Å². The molecule has 5 nitrogen and oxygen atoms in total. The van der Waals surface area contributed by atoms with Crippen molar-refractivity contribution < 1.29 is 9.53 Å². The molecule has 1 N–H and O–H groups in total. The number of ether oxygens (including phenoxy) is 1. The highest BCUT2D eigenvalue weighted by atomic mass is 16.5. The van der Waals surface area contributed by atoms with Crippen molar-refractivity contribution in [2.45, 2.75) is 52.2 Å². The average Bonchev–Trinajstić information content (AvgIpc) is 3.79. The molecule has 6 rings (SSSR count). The highest BCUT2D eigenvalue weighted by molar-refractivity contribution is 5.96. The van der Waals surface area contributed by atoms with E-state index in [-0.39, 0.29) is 11.8 Å². The topological polar surface area (TPSA) is 56.2 Å². The number of aryl methyl sites for hydroxylation is 2. The van der Waals surface area contributed by atoms with E-state index in [0.29, 0.717) is 18.7 Å². The van der Waals surface area contributed by atoms with Crippen LogP contribution in [0.5, 0.6) is 5.75 Å². The van der Waals surface area contributed by atoms with Crippen molar-refractivity contribution in [1.82, 2.24) is 15.1 Å². The molecule has 0 amide bonds. The number of benzene rings is 4. The van der Waals surface area contributed by atoms with Gasteiger partial charge in [-0.1, -0.05) is 85.8 Å². The van der Waals surface area contributed by atoms with Gasteiger partial charge in [-0.05, 0) is 96.8 Å². The quantitative estimate of drug-likeness (QED) is 0.147. The van der Waals surface area contributed by atoms with Crippen molar-refractivity contribution in [3.8, 4) is 11.4 Å². The van der Waals surface area contributed by atoms with E-state index < -0.39 is 0 Å². The van der Waals surface area contributed by atoms with Crippen LogP contribution in [0.2, 0.25) is 0 Å². The zero-order valence-corrected chi connectivity index (χ0v) is 25.0. The molecule has 1 aliphatic rings. The number of nitrogens with zero attached hydrogens (tertiary/aromatic N) is 2. The highest BCUT2D eigenvalue weighted by Crippen LogP contribution is 2.31. The van der Waals surface area contributed by atoms with E-state index in [1.807, 2.05) is 49.4 Å². The first-order valence-corrected chi connectivity index (χ1v) is 15.3. The van der Waals surface area contributed by atoms with Crippen LogP contribution in [0.15, 0.2) is 109 Å². The van der Waals surface area contributed by atoms with Gasteiger partial charge >= 0.3 is 0 Å². The molecule has 1 fully saturated rings. The summed E-state index contributed by atoms with van der Waals surface area (Å²) in [6, 6.07) is 37.2. The molecule has 1 aliphatic carbocycles. The summed E-state index contributed by atoms with van der Waals surface area (Å²) in [4.78, 5) is 13.7. The first-order valence-electron chi connectivity index (χ1n) is 15.3. The molecule has 0 saturated heterocycles. The Morgan fingerprint density at radius 3 is 2.37 bits per heavy atom. The monoisotopic (exact) mass is 569 g/mol. The molecule has 0 aliphatic heterocycles. The van der Waals surface area contributed by atoms with Gasteiger partial charge in [0.05, 0.1) is 17.4 Å². The first kappa shape index (κ1) is 28.6. The minimum Gasteiger partial charge on any atom is -0.489 e. The number of rotatable bonds is 13. The summed E-state index contributed by atoms with van der Waals surface area (Å²) in [7, 11) is 0. The number of carbonyl (C=O) groups excluding carboxylic acids is 1. The van der Waals surface area contributed by atoms with Gasteiger partial charge in [0.2, 0.25) is 0 Å². The lowest BCUT2D eigenvalue weighted by Gasteiger charge is -2.21. The third-order valence-corrected chi connectivity index (χ3v) is 8.10. The number of carbonyl (C=O) groups is 1. The normalized spacial score (nSPS) is 13.5. The Hall–Kier alpha value is -4.48. The molecule has 0 spiro atoms. The van der Waals surface area contributed by atoms with Crippen LogP contribution in [-0.4, -0.2) is 22.1 Å². The van der Waals surface area contributed by atoms with E-state index in [2.05, 4.69) is 84.1 Å². The number of aromatic nitrogens is 2. The lowest BCUT2D eigenvalue weighted by molar-refractivity contribution is 0.0985. The maximum Gasteiger partial charge on any atom is 0.185 e. The van der Waals surface area contributed by atoms with Gasteiger partial charge < -0.3 is 10.1 Å². The van der Waals surface area contributed by atoms with Gasteiger partial charge in [-0.25, -0.2) is 4.68 Å². The fourth-order valence-electron chi connectivity index (χ4n) is 5.49. The maximum absolute atomic E-state index is 13.7. The van der Waals surface area contributed by atoms with Crippen LogP contribution in [0.25, 0.3) is 5.69 Å². The highest BCUT2D eigenvalue weighted by Gasteiger charge is 2.24. The molecule has 43 heavy (non-hydrogen) atoms. The number of Topliss-reactive ketones (excluding diaryl/α,β-unsaturated/α-hetero) is 1. The van der Waals surface area contributed by atoms with Crippen LogP contribution in [0, 0.1) is 12.8 Å². The predicted octanol–water partition coefficient (Wildman–Crippen LogP) is 7.84. The smallest absolute Gasteiger partial charge is 0.185 e. The SMILES string of the molecule is CCc1cccc(-n2nc(C)cc2C(=O)Cc2cccc(C(NCC3CC3)c3ccc(OCc4ccccc4)cc3)c2)c1. The Labute approximate surface area is 254 Å². The van der Waals surface area contributed by atoms with Crippen molar-refractivity contribution in [2.75, 3.05) is 6.54 Å². The maximum atomic E-state index is 13.7. The molecule has 0 bridgehead atoms. The summed E-state index contributed by atoms with van der Waals surface area (Å²) >= 11 is 0. The lowest BCUT2D eigenvalue weighted by atomic mass is 9.95. The number of hydrogen-bond acceptors (Lipinski definition) is 4. The van der Waals surface area contributed by atoms with E-state index in [0.717, 1.165) is 52.7 Å². The van der Waals surface area contributed by atoms with Crippen LogP contribution in [0.3, 0.4) is 0 Å². The Kier molecular flexibility index (Phi) is 8.80. The zero-order chi connectivity index (χ0) is 29.6. The summed E-state index contributed by atoms with van der Waals surface area (Å²) in [6.07, 6.45) is 3.82. The molecule has 1 atom stereocenters. The van der Waals surface area contributed by atoms with Gasteiger partial charge in [-0.2, -0.15) is 5.10 Å². The van der Waals surface area contributed by atoms with E-state index >= 15 is 0 Å². The molecular weight excluding hydrogens is 530 g/mol. The largest absolute Gasteiger partial charge is 0.489 e. The number of hydrogen-bond donors (Lipinski definition) is 1. The fraction of sp³-hybridized carbons (Fsp3) is 0.263. The Bertz CT molecular complexity index is 1670.